The van der Waals surface area contributed by atoms with Crippen LogP contribution in [0.15, 0.2) is 54.6 Å². The first-order valence-corrected chi connectivity index (χ1v) is 6.09. The molecule has 0 bridgehead atoms. The third-order valence-electron chi connectivity index (χ3n) is 2.85. The second kappa shape index (κ2) is 5.50. The number of rotatable bonds is 4. The molecule has 92 valence electrons. The maximum Gasteiger partial charge on any atom is 0.184 e. The van der Waals surface area contributed by atoms with E-state index in [2.05, 4.69) is 5.32 Å². The van der Waals surface area contributed by atoms with Crippen LogP contribution in [0, 0.1) is 6.92 Å². The minimum absolute atomic E-state index is 0.108. The van der Waals surface area contributed by atoms with Crippen LogP contribution in [-0.4, -0.2) is 11.8 Å². The van der Waals surface area contributed by atoms with Crippen molar-refractivity contribution in [3.63, 3.8) is 0 Å². The minimum atomic E-state index is -0.228. The highest BCUT2D eigenvalue weighted by Crippen LogP contribution is 2.13. The molecule has 1 atom stereocenters. The van der Waals surface area contributed by atoms with Gasteiger partial charge in [0, 0.05) is 11.3 Å². The fraction of sp³-hybridized carbons (Fsp3) is 0.188. The number of Topliss-reactive ketones (excluding diaryl/α,β-unsaturated/α-hetero) is 1. The van der Waals surface area contributed by atoms with E-state index < -0.39 is 0 Å². The van der Waals surface area contributed by atoms with Crippen molar-refractivity contribution in [1.82, 2.24) is 0 Å². The van der Waals surface area contributed by atoms with Crippen molar-refractivity contribution in [1.29, 1.82) is 0 Å². The van der Waals surface area contributed by atoms with Crippen molar-refractivity contribution in [3.05, 3.63) is 65.7 Å². The molecular formula is C16H17NO. The molecule has 1 N–H and O–H groups in total. The molecule has 2 aromatic rings. The number of benzene rings is 2. The van der Waals surface area contributed by atoms with Gasteiger partial charge in [-0.05, 0) is 31.5 Å². The predicted octanol–water partition coefficient (Wildman–Crippen LogP) is 3.68. The molecule has 0 spiro atoms. The largest absolute Gasteiger partial charge is 0.375 e. The number of anilines is 1. The standard InChI is InChI=1S/C16H17NO/c1-12-7-6-10-15(11-12)17-13(2)16(18)14-8-4-3-5-9-14/h3-11,13,17H,1-2H3. The first-order valence-electron chi connectivity index (χ1n) is 6.09. The van der Waals surface area contributed by atoms with Gasteiger partial charge in [-0.1, -0.05) is 42.5 Å². The first kappa shape index (κ1) is 12.4. The molecule has 0 heterocycles. The number of hydrogen-bond donors (Lipinski definition) is 1. The van der Waals surface area contributed by atoms with Crippen LogP contribution in [0.3, 0.4) is 0 Å². The summed E-state index contributed by atoms with van der Waals surface area (Å²) in [5, 5.41) is 3.23. The number of ketones is 1. The van der Waals surface area contributed by atoms with Crippen molar-refractivity contribution in [2.24, 2.45) is 0 Å². The van der Waals surface area contributed by atoms with E-state index >= 15 is 0 Å². The van der Waals surface area contributed by atoms with Gasteiger partial charge in [0.2, 0.25) is 0 Å². The number of nitrogens with one attached hydrogen (secondary N) is 1. The first-order chi connectivity index (χ1) is 8.66. The van der Waals surface area contributed by atoms with Gasteiger partial charge in [-0.15, -0.1) is 0 Å². The second-order valence-corrected chi connectivity index (χ2v) is 4.47. The molecule has 0 aliphatic heterocycles. The van der Waals surface area contributed by atoms with Crippen LogP contribution in [0.4, 0.5) is 5.69 Å². The van der Waals surface area contributed by atoms with Gasteiger partial charge in [-0.25, -0.2) is 0 Å². The number of carbonyl (C=O) groups is 1. The third kappa shape index (κ3) is 2.98. The van der Waals surface area contributed by atoms with Gasteiger partial charge in [0.1, 0.15) is 0 Å². The van der Waals surface area contributed by atoms with E-state index in [1.165, 1.54) is 5.56 Å². The highest BCUT2D eigenvalue weighted by Gasteiger charge is 2.14. The Morgan fingerprint density at radius 1 is 1.06 bits per heavy atom. The van der Waals surface area contributed by atoms with Crippen LogP contribution >= 0.6 is 0 Å². The average Bonchev–Trinajstić information content (AvgIpc) is 2.39. The van der Waals surface area contributed by atoms with Gasteiger partial charge < -0.3 is 5.32 Å². The van der Waals surface area contributed by atoms with Crippen LogP contribution < -0.4 is 5.32 Å². The maximum atomic E-state index is 12.2. The highest BCUT2D eigenvalue weighted by molar-refractivity contribution is 6.01. The summed E-state index contributed by atoms with van der Waals surface area (Å²) in [5.41, 5.74) is 2.90. The molecule has 1 unspecified atom stereocenters. The summed E-state index contributed by atoms with van der Waals surface area (Å²) in [6, 6.07) is 17.2. The summed E-state index contributed by atoms with van der Waals surface area (Å²) in [7, 11) is 0. The summed E-state index contributed by atoms with van der Waals surface area (Å²) in [5.74, 6) is 0.108. The van der Waals surface area contributed by atoms with Crippen molar-refractivity contribution in [2.75, 3.05) is 5.32 Å². The molecule has 0 radical (unpaired) electrons. The summed E-state index contributed by atoms with van der Waals surface area (Å²) < 4.78 is 0. The summed E-state index contributed by atoms with van der Waals surface area (Å²) in [6.45, 7) is 3.92. The number of hydrogen-bond acceptors (Lipinski definition) is 2. The van der Waals surface area contributed by atoms with Crippen molar-refractivity contribution in [2.45, 2.75) is 19.9 Å². The minimum Gasteiger partial charge on any atom is -0.375 e. The zero-order chi connectivity index (χ0) is 13.0. The molecule has 2 rings (SSSR count). The Hall–Kier alpha value is -2.09. The molecule has 0 fully saturated rings. The van der Waals surface area contributed by atoms with Gasteiger partial charge in [-0.2, -0.15) is 0 Å². The monoisotopic (exact) mass is 239 g/mol. The molecule has 2 nitrogen and oxygen atoms in total. The molecule has 2 heteroatoms. The second-order valence-electron chi connectivity index (χ2n) is 4.47. The smallest absolute Gasteiger partial charge is 0.184 e. The van der Waals surface area contributed by atoms with Gasteiger partial charge >= 0.3 is 0 Å². The summed E-state index contributed by atoms with van der Waals surface area (Å²) >= 11 is 0. The number of carbonyl (C=O) groups excluding carboxylic acids is 1. The molecule has 0 aromatic heterocycles. The van der Waals surface area contributed by atoms with Crippen LogP contribution in [0.2, 0.25) is 0 Å². The molecule has 0 saturated carbocycles. The molecule has 0 aliphatic rings. The Bertz CT molecular complexity index is 534. The molecule has 0 saturated heterocycles. The normalized spacial score (nSPS) is 11.9. The quantitative estimate of drug-likeness (QED) is 0.825. The van der Waals surface area contributed by atoms with Crippen molar-refractivity contribution < 1.29 is 4.79 Å². The Morgan fingerprint density at radius 2 is 1.78 bits per heavy atom. The van der Waals surface area contributed by atoms with Gasteiger partial charge in [0.25, 0.3) is 0 Å². The lowest BCUT2D eigenvalue weighted by molar-refractivity contribution is 0.0975. The third-order valence-corrected chi connectivity index (χ3v) is 2.85. The van der Waals surface area contributed by atoms with Crippen LogP contribution in [0.1, 0.15) is 22.8 Å². The van der Waals surface area contributed by atoms with Gasteiger partial charge in [0.15, 0.2) is 5.78 Å². The molecular weight excluding hydrogens is 222 g/mol. The zero-order valence-corrected chi connectivity index (χ0v) is 10.7. The van der Waals surface area contributed by atoms with Crippen molar-refractivity contribution in [3.8, 4) is 0 Å². The van der Waals surface area contributed by atoms with Gasteiger partial charge in [-0.3, -0.25) is 4.79 Å². The lowest BCUT2D eigenvalue weighted by atomic mass is 10.1. The predicted molar refractivity (Wildman–Crippen MR) is 75.0 cm³/mol. The fourth-order valence-corrected chi connectivity index (χ4v) is 1.90. The van der Waals surface area contributed by atoms with E-state index in [0.717, 1.165) is 11.3 Å². The van der Waals surface area contributed by atoms with Crippen LogP contribution in [-0.2, 0) is 0 Å². The summed E-state index contributed by atoms with van der Waals surface area (Å²) in [4.78, 5) is 12.2. The lowest BCUT2D eigenvalue weighted by Gasteiger charge is -2.14. The Labute approximate surface area is 108 Å². The molecule has 0 amide bonds. The Balaban J connectivity index is 2.09. The summed E-state index contributed by atoms with van der Waals surface area (Å²) in [6.07, 6.45) is 0. The zero-order valence-electron chi connectivity index (χ0n) is 10.7. The van der Waals surface area contributed by atoms with E-state index in [9.17, 15) is 4.79 Å². The average molecular weight is 239 g/mol. The van der Waals surface area contributed by atoms with Crippen LogP contribution in [0.5, 0.6) is 0 Å². The van der Waals surface area contributed by atoms with E-state index in [0.29, 0.717) is 0 Å². The highest BCUT2D eigenvalue weighted by atomic mass is 16.1. The fourth-order valence-electron chi connectivity index (χ4n) is 1.90. The lowest BCUT2D eigenvalue weighted by Crippen LogP contribution is -2.26. The van der Waals surface area contributed by atoms with Crippen molar-refractivity contribution >= 4 is 11.5 Å². The van der Waals surface area contributed by atoms with E-state index in [1.807, 2.05) is 68.4 Å². The Morgan fingerprint density at radius 3 is 2.44 bits per heavy atom. The molecule has 0 aliphatic carbocycles. The van der Waals surface area contributed by atoms with E-state index in [1.54, 1.807) is 0 Å². The van der Waals surface area contributed by atoms with Crippen LogP contribution in [0.25, 0.3) is 0 Å². The van der Waals surface area contributed by atoms with E-state index in [4.69, 9.17) is 0 Å². The molecule has 18 heavy (non-hydrogen) atoms. The topological polar surface area (TPSA) is 29.1 Å². The molecule has 2 aromatic carbocycles. The van der Waals surface area contributed by atoms with E-state index in [-0.39, 0.29) is 11.8 Å². The number of aryl methyl sites for hydroxylation is 1. The van der Waals surface area contributed by atoms with Gasteiger partial charge in [0.05, 0.1) is 6.04 Å². The Kier molecular flexibility index (Phi) is 3.78. The maximum absolute atomic E-state index is 12.2. The SMILES string of the molecule is Cc1cccc(NC(C)C(=O)c2ccccc2)c1.